The van der Waals surface area contributed by atoms with Crippen LogP contribution in [0.3, 0.4) is 0 Å². The van der Waals surface area contributed by atoms with Gasteiger partial charge < -0.3 is 25.2 Å². The molecule has 2 atom stereocenters. The maximum Gasteiger partial charge on any atom is 0.408 e. The zero-order valence-corrected chi connectivity index (χ0v) is 17.0. The van der Waals surface area contributed by atoms with E-state index >= 15 is 0 Å². The van der Waals surface area contributed by atoms with Crippen molar-refractivity contribution in [1.29, 1.82) is 0 Å². The zero-order chi connectivity index (χ0) is 23.1. The third-order valence-corrected chi connectivity index (χ3v) is 4.81. The molecular formula is C19H22N6O7. The van der Waals surface area contributed by atoms with Crippen LogP contribution in [0.25, 0.3) is 0 Å². The first-order valence-electron chi connectivity index (χ1n) is 9.82. The highest BCUT2D eigenvalue weighted by Crippen LogP contribution is 2.21. The fourth-order valence-corrected chi connectivity index (χ4v) is 3.26. The molecule has 0 saturated carbocycles. The molecule has 2 aromatic rings. The number of nitrogens with one attached hydrogen (secondary N) is 1. The van der Waals surface area contributed by atoms with E-state index in [-0.39, 0.29) is 12.6 Å². The van der Waals surface area contributed by atoms with Crippen LogP contribution < -0.4 is 10.2 Å². The van der Waals surface area contributed by atoms with E-state index in [1.165, 1.54) is 4.90 Å². The Kier molecular flexibility index (Phi) is 7.31. The first-order valence-corrected chi connectivity index (χ1v) is 9.82. The van der Waals surface area contributed by atoms with E-state index < -0.39 is 48.9 Å². The number of benzene rings is 1. The lowest BCUT2D eigenvalue weighted by Gasteiger charge is -2.18. The van der Waals surface area contributed by atoms with Crippen LogP contribution in [-0.2, 0) is 32.3 Å². The van der Waals surface area contributed by atoms with Gasteiger partial charge in [-0.2, -0.15) is 4.80 Å². The van der Waals surface area contributed by atoms with Gasteiger partial charge in [0, 0.05) is 6.54 Å². The van der Waals surface area contributed by atoms with Crippen LogP contribution in [-0.4, -0.2) is 72.9 Å². The molecular weight excluding hydrogens is 424 g/mol. The molecule has 1 saturated heterocycles. The maximum absolute atomic E-state index is 12.6. The topological polar surface area (TPSA) is 177 Å². The van der Waals surface area contributed by atoms with Gasteiger partial charge in [-0.1, -0.05) is 35.4 Å². The molecule has 1 aromatic heterocycles. The SMILES string of the molecule is O=C(O)CC(NC(=O)OCc1ccccc1)C(=O)Cn1nnc(N2CCC[C@H]2C(=O)O)n1. The van der Waals surface area contributed by atoms with Crippen LogP contribution in [0.1, 0.15) is 24.8 Å². The summed E-state index contributed by atoms with van der Waals surface area (Å²) < 4.78 is 5.04. The average molecular weight is 446 g/mol. The number of rotatable bonds is 10. The third kappa shape index (κ3) is 6.00. The second kappa shape index (κ2) is 10.3. The number of ketones is 1. The first kappa shape index (κ1) is 22.7. The highest BCUT2D eigenvalue weighted by atomic mass is 16.5. The summed E-state index contributed by atoms with van der Waals surface area (Å²) in [7, 11) is 0. The number of alkyl carbamates (subject to hydrolysis) is 1. The smallest absolute Gasteiger partial charge is 0.408 e. The van der Waals surface area contributed by atoms with Crippen molar-refractivity contribution in [2.45, 2.75) is 44.5 Å². The zero-order valence-electron chi connectivity index (χ0n) is 17.0. The van der Waals surface area contributed by atoms with E-state index in [0.717, 1.165) is 10.4 Å². The Morgan fingerprint density at radius 1 is 1.19 bits per heavy atom. The minimum atomic E-state index is -1.37. The predicted molar refractivity (Wildman–Crippen MR) is 107 cm³/mol. The van der Waals surface area contributed by atoms with Crippen molar-refractivity contribution >= 4 is 29.8 Å². The summed E-state index contributed by atoms with van der Waals surface area (Å²) in [6, 6.07) is 6.70. The lowest BCUT2D eigenvalue weighted by Crippen LogP contribution is -2.44. The summed E-state index contributed by atoms with van der Waals surface area (Å²) >= 11 is 0. The summed E-state index contributed by atoms with van der Waals surface area (Å²) in [5.41, 5.74) is 0.727. The molecule has 170 valence electrons. The van der Waals surface area contributed by atoms with E-state index in [9.17, 15) is 24.3 Å². The Hall–Kier alpha value is -4.03. The second-order valence-corrected chi connectivity index (χ2v) is 7.13. The monoisotopic (exact) mass is 446 g/mol. The van der Waals surface area contributed by atoms with Crippen molar-refractivity contribution in [3.05, 3.63) is 35.9 Å². The number of carbonyl (C=O) groups is 4. The Morgan fingerprint density at radius 2 is 1.94 bits per heavy atom. The van der Waals surface area contributed by atoms with Crippen molar-refractivity contribution in [2.24, 2.45) is 0 Å². The molecule has 32 heavy (non-hydrogen) atoms. The van der Waals surface area contributed by atoms with Crippen molar-refractivity contribution in [1.82, 2.24) is 25.5 Å². The number of hydrogen-bond acceptors (Lipinski definition) is 9. The number of aliphatic carboxylic acids is 2. The standard InChI is InChI=1S/C19H22N6O7/c26-15(10-25-22-18(21-23-25)24-8-4-7-14(24)17(29)30)13(9-16(27)28)20-19(31)32-11-12-5-2-1-3-6-12/h1-3,5-6,13-14H,4,7-11H2,(H,20,31)(H,27,28)(H,29,30)/t13?,14-/m0/s1. The minimum absolute atomic E-state index is 0.0464. The van der Waals surface area contributed by atoms with Gasteiger partial charge in [0.05, 0.1) is 6.42 Å². The number of carbonyl (C=O) groups excluding carboxylic acids is 2. The van der Waals surface area contributed by atoms with E-state index in [2.05, 4.69) is 20.7 Å². The number of amides is 1. The highest BCUT2D eigenvalue weighted by Gasteiger charge is 2.33. The summed E-state index contributed by atoms with van der Waals surface area (Å²) in [6.07, 6.45) is -0.505. The molecule has 1 aromatic carbocycles. The summed E-state index contributed by atoms with van der Waals surface area (Å²) in [5, 5.41) is 32.2. The van der Waals surface area contributed by atoms with Gasteiger partial charge >= 0.3 is 18.0 Å². The molecule has 3 rings (SSSR count). The van der Waals surface area contributed by atoms with Crippen molar-refractivity contribution in [3.63, 3.8) is 0 Å². The van der Waals surface area contributed by atoms with Gasteiger partial charge in [-0.3, -0.25) is 9.59 Å². The largest absolute Gasteiger partial charge is 0.481 e. The lowest BCUT2D eigenvalue weighted by molar-refractivity contribution is -0.139. The highest BCUT2D eigenvalue weighted by molar-refractivity contribution is 5.90. The Bertz CT molecular complexity index is 980. The van der Waals surface area contributed by atoms with Gasteiger partial charge in [0.2, 0.25) is 0 Å². The van der Waals surface area contributed by atoms with Crippen LogP contribution >= 0.6 is 0 Å². The van der Waals surface area contributed by atoms with Crippen LogP contribution in [0.2, 0.25) is 0 Å². The quantitative estimate of drug-likeness (QED) is 0.450. The van der Waals surface area contributed by atoms with E-state index in [0.29, 0.717) is 19.4 Å². The minimum Gasteiger partial charge on any atom is -0.481 e. The normalized spacial score (nSPS) is 16.4. The number of ether oxygens (including phenoxy) is 1. The molecule has 0 aliphatic carbocycles. The maximum atomic E-state index is 12.6. The van der Waals surface area contributed by atoms with Crippen molar-refractivity contribution < 1.29 is 34.1 Å². The Balaban J connectivity index is 1.60. The number of nitrogens with zero attached hydrogens (tertiary/aromatic N) is 5. The van der Waals surface area contributed by atoms with Gasteiger partial charge in [-0.25, -0.2) is 9.59 Å². The van der Waals surface area contributed by atoms with E-state index in [1.54, 1.807) is 30.3 Å². The molecule has 0 spiro atoms. The molecule has 1 unspecified atom stereocenters. The Morgan fingerprint density at radius 3 is 2.62 bits per heavy atom. The van der Waals surface area contributed by atoms with Gasteiger partial charge in [0.1, 0.15) is 25.2 Å². The van der Waals surface area contributed by atoms with Gasteiger partial charge in [0.15, 0.2) is 5.78 Å². The predicted octanol–water partition coefficient (Wildman–Crippen LogP) is 0.0653. The van der Waals surface area contributed by atoms with Crippen molar-refractivity contribution in [2.75, 3.05) is 11.4 Å². The molecule has 1 fully saturated rings. The summed E-state index contributed by atoms with van der Waals surface area (Å²) in [6.45, 7) is -0.0717. The van der Waals surface area contributed by atoms with Gasteiger partial charge in [-0.05, 0) is 23.6 Å². The lowest BCUT2D eigenvalue weighted by atomic mass is 10.1. The number of anilines is 1. The molecule has 3 N–H and O–H groups in total. The molecule has 1 amide bonds. The van der Waals surface area contributed by atoms with Gasteiger partial charge in [-0.15, -0.1) is 5.10 Å². The number of aromatic nitrogens is 4. The number of carboxylic acid groups (broad SMARTS) is 2. The molecule has 13 nitrogen and oxygen atoms in total. The van der Waals surface area contributed by atoms with E-state index in [1.807, 2.05) is 0 Å². The van der Waals surface area contributed by atoms with Crippen LogP contribution in [0.5, 0.6) is 0 Å². The fraction of sp³-hybridized carbons (Fsp3) is 0.421. The van der Waals surface area contributed by atoms with Crippen LogP contribution in [0, 0.1) is 0 Å². The molecule has 1 aliphatic heterocycles. The third-order valence-electron chi connectivity index (χ3n) is 4.81. The molecule has 13 heteroatoms. The number of hydrogen-bond donors (Lipinski definition) is 3. The molecule has 2 heterocycles. The second-order valence-electron chi connectivity index (χ2n) is 7.13. The van der Waals surface area contributed by atoms with Gasteiger partial charge in [0.25, 0.3) is 5.95 Å². The molecule has 1 aliphatic rings. The molecule has 0 bridgehead atoms. The Labute approximate surface area is 182 Å². The number of carboxylic acids is 2. The summed E-state index contributed by atoms with van der Waals surface area (Å²) in [4.78, 5) is 49.5. The molecule has 0 radical (unpaired) electrons. The average Bonchev–Trinajstić information content (AvgIpc) is 3.41. The van der Waals surface area contributed by atoms with Crippen LogP contribution in [0.15, 0.2) is 30.3 Å². The number of Topliss-reactive ketones (excluding diaryl/α,β-unsaturated/α-hetero) is 1. The first-order chi connectivity index (χ1) is 15.3. The number of tetrazole rings is 1. The summed E-state index contributed by atoms with van der Waals surface area (Å²) in [5.74, 6) is -2.91. The van der Waals surface area contributed by atoms with E-state index in [4.69, 9.17) is 9.84 Å². The van der Waals surface area contributed by atoms with Crippen molar-refractivity contribution in [3.8, 4) is 0 Å². The fourth-order valence-electron chi connectivity index (χ4n) is 3.26. The van der Waals surface area contributed by atoms with Crippen LogP contribution in [0.4, 0.5) is 10.7 Å².